The van der Waals surface area contributed by atoms with Crippen molar-refractivity contribution in [3.63, 3.8) is 0 Å². The molecule has 2 saturated carbocycles. The highest BCUT2D eigenvalue weighted by molar-refractivity contribution is 5.92. The number of hydrogen-bond donors (Lipinski definition) is 0. The second kappa shape index (κ2) is 16.2. The molecule has 0 aromatic heterocycles. The molecule has 206 valence electrons. The third-order valence-electron chi connectivity index (χ3n) is 6.64. The van der Waals surface area contributed by atoms with E-state index in [4.69, 9.17) is 23.7 Å². The summed E-state index contributed by atoms with van der Waals surface area (Å²) in [7, 11) is 0. The number of nitrogens with zero attached hydrogens (tertiary/aromatic N) is 1. The SMILES string of the molecule is O=C(/C=C/C(=O)OC1CCCCC1)OCC(CN1CCOCC1)OC(=O)/C=C/C(=O)OC1CCCCC1. The number of ether oxygens (including phenoxy) is 5. The maximum Gasteiger partial charge on any atom is 0.331 e. The molecule has 0 aromatic rings. The van der Waals surface area contributed by atoms with Gasteiger partial charge in [0, 0.05) is 43.9 Å². The zero-order valence-corrected chi connectivity index (χ0v) is 21.5. The van der Waals surface area contributed by atoms with Crippen molar-refractivity contribution in [2.75, 3.05) is 39.5 Å². The Morgan fingerprint density at radius 2 is 1.19 bits per heavy atom. The molecule has 0 radical (unpaired) electrons. The molecule has 1 aliphatic heterocycles. The molecular weight excluding hydrogens is 482 g/mol. The Hall–Kier alpha value is -2.72. The largest absolute Gasteiger partial charge is 0.459 e. The quantitative estimate of drug-likeness (QED) is 0.228. The molecule has 0 spiro atoms. The van der Waals surface area contributed by atoms with E-state index in [0.29, 0.717) is 32.8 Å². The summed E-state index contributed by atoms with van der Waals surface area (Å²) in [5.74, 6) is -2.63. The van der Waals surface area contributed by atoms with Crippen LogP contribution in [-0.4, -0.2) is 86.5 Å². The van der Waals surface area contributed by atoms with Gasteiger partial charge in [0.05, 0.1) is 13.2 Å². The summed E-state index contributed by atoms with van der Waals surface area (Å²) in [4.78, 5) is 50.6. The van der Waals surface area contributed by atoms with E-state index in [0.717, 1.165) is 88.5 Å². The highest BCUT2D eigenvalue weighted by Gasteiger charge is 2.22. The van der Waals surface area contributed by atoms with Crippen molar-refractivity contribution in [2.24, 2.45) is 0 Å². The zero-order valence-electron chi connectivity index (χ0n) is 21.5. The van der Waals surface area contributed by atoms with Crippen LogP contribution in [0.1, 0.15) is 64.2 Å². The van der Waals surface area contributed by atoms with E-state index in [1.165, 1.54) is 0 Å². The van der Waals surface area contributed by atoms with Crippen molar-refractivity contribution >= 4 is 23.9 Å². The molecule has 0 N–H and O–H groups in total. The summed E-state index contributed by atoms with van der Waals surface area (Å²) in [5, 5.41) is 0. The van der Waals surface area contributed by atoms with Crippen molar-refractivity contribution in [1.29, 1.82) is 0 Å². The van der Waals surface area contributed by atoms with Gasteiger partial charge in [-0.1, -0.05) is 12.8 Å². The Labute approximate surface area is 218 Å². The van der Waals surface area contributed by atoms with Crippen LogP contribution in [0.15, 0.2) is 24.3 Å². The van der Waals surface area contributed by atoms with E-state index in [-0.39, 0.29) is 18.8 Å². The maximum atomic E-state index is 12.4. The first-order valence-corrected chi connectivity index (χ1v) is 13.4. The minimum absolute atomic E-state index is 0.104. The first kappa shape index (κ1) is 28.8. The topological polar surface area (TPSA) is 118 Å². The second-order valence-corrected chi connectivity index (χ2v) is 9.66. The average molecular weight is 522 g/mol. The van der Waals surface area contributed by atoms with Gasteiger partial charge in [0.15, 0.2) is 0 Å². The van der Waals surface area contributed by atoms with Crippen LogP contribution in [0.5, 0.6) is 0 Å². The number of esters is 4. The highest BCUT2D eigenvalue weighted by atomic mass is 16.6. The molecule has 3 rings (SSSR count). The van der Waals surface area contributed by atoms with Gasteiger partial charge in [-0.05, 0) is 51.4 Å². The van der Waals surface area contributed by atoms with Crippen molar-refractivity contribution in [3.05, 3.63) is 24.3 Å². The van der Waals surface area contributed by atoms with Gasteiger partial charge in [-0.2, -0.15) is 0 Å². The molecule has 1 atom stereocenters. The van der Waals surface area contributed by atoms with Crippen LogP contribution in [0.4, 0.5) is 0 Å². The van der Waals surface area contributed by atoms with Gasteiger partial charge in [-0.25, -0.2) is 19.2 Å². The Kier molecular flexibility index (Phi) is 12.6. The lowest BCUT2D eigenvalue weighted by atomic mass is 9.98. The number of carbonyl (C=O) groups is 4. The lowest BCUT2D eigenvalue weighted by molar-refractivity contribution is -0.154. The molecule has 0 amide bonds. The standard InChI is InChI=1S/C27H39NO9/c29-24(11-12-25(30)35-21-7-3-1-4-8-21)34-20-23(19-28-15-17-33-18-16-28)37-27(32)14-13-26(31)36-22-9-5-2-6-10-22/h11-14,21-23H,1-10,15-20H2/b12-11+,14-13+. The molecule has 3 aliphatic rings. The third-order valence-corrected chi connectivity index (χ3v) is 6.64. The monoisotopic (exact) mass is 521 g/mol. The molecule has 0 bridgehead atoms. The van der Waals surface area contributed by atoms with Crippen LogP contribution in [0.2, 0.25) is 0 Å². The first-order valence-electron chi connectivity index (χ1n) is 13.4. The summed E-state index contributed by atoms with van der Waals surface area (Å²) in [6, 6.07) is 0. The number of carbonyl (C=O) groups excluding carboxylic acids is 4. The predicted octanol–water partition coefficient (Wildman–Crippen LogP) is 2.64. The lowest BCUT2D eigenvalue weighted by Gasteiger charge is -2.29. The van der Waals surface area contributed by atoms with Gasteiger partial charge in [0.25, 0.3) is 0 Å². The van der Waals surface area contributed by atoms with Crippen molar-refractivity contribution in [2.45, 2.75) is 82.5 Å². The van der Waals surface area contributed by atoms with Crippen LogP contribution in [-0.2, 0) is 42.9 Å². The van der Waals surface area contributed by atoms with Crippen LogP contribution >= 0.6 is 0 Å². The van der Waals surface area contributed by atoms with Gasteiger partial charge >= 0.3 is 23.9 Å². The fraction of sp³-hybridized carbons (Fsp3) is 0.704. The van der Waals surface area contributed by atoms with E-state index in [1.54, 1.807) is 0 Å². The van der Waals surface area contributed by atoms with Gasteiger partial charge < -0.3 is 23.7 Å². The summed E-state index contributed by atoms with van der Waals surface area (Å²) < 4.78 is 26.8. The summed E-state index contributed by atoms with van der Waals surface area (Å²) in [5.41, 5.74) is 0. The summed E-state index contributed by atoms with van der Waals surface area (Å²) in [6.45, 7) is 2.54. The first-order chi connectivity index (χ1) is 18.0. The zero-order chi connectivity index (χ0) is 26.3. The Morgan fingerprint density at radius 3 is 1.73 bits per heavy atom. The Morgan fingerprint density at radius 1 is 0.703 bits per heavy atom. The molecular formula is C27H39NO9. The molecule has 10 nitrogen and oxygen atoms in total. The molecule has 3 fully saturated rings. The maximum absolute atomic E-state index is 12.4. The van der Waals surface area contributed by atoms with Gasteiger partial charge in [0.1, 0.15) is 24.9 Å². The summed E-state index contributed by atoms with van der Waals surface area (Å²) >= 11 is 0. The van der Waals surface area contributed by atoms with Gasteiger partial charge in [-0.3, -0.25) is 4.90 Å². The number of hydrogen-bond acceptors (Lipinski definition) is 10. The minimum atomic E-state index is -0.767. The normalized spacial score (nSPS) is 21.0. The second-order valence-electron chi connectivity index (χ2n) is 9.66. The lowest BCUT2D eigenvalue weighted by Crippen LogP contribution is -2.43. The van der Waals surface area contributed by atoms with E-state index in [9.17, 15) is 19.2 Å². The Balaban J connectivity index is 1.45. The molecule has 2 aliphatic carbocycles. The Bertz CT molecular complexity index is 807. The minimum Gasteiger partial charge on any atom is -0.459 e. The van der Waals surface area contributed by atoms with E-state index >= 15 is 0 Å². The third kappa shape index (κ3) is 11.9. The van der Waals surface area contributed by atoms with Crippen LogP contribution < -0.4 is 0 Å². The summed E-state index contributed by atoms with van der Waals surface area (Å²) in [6.07, 6.45) is 12.9. The predicted molar refractivity (Wildman–Crippen MR) is 132 cm³/mol. The van der Waals surface area contributed by atoms with E-state index in [2.05, 4.69) is 0 Å². The average Bonchev–Trinajstić information content (AvgIpc) is 2.91. The smallest absolute Gasteiger partial charge is 0.331 e. The van der Waals surface area contributed by atoms with Crippen molar-refractivity contribution < 1.29 is 42.9 Å². The van der Waals surface area contributed by atoms with E-state index < -0.39 is 30.0 Å². The molecule has 37 heavy (non-hydrogen) atoms. The molecule has 10 heteroatoms. The molecule has 0 aromatic carbocycles. The molecule has 1 heterocycles. The number of morpholine rings is 1. The van der Waals surface area contributed by atoms with Crippen LogP contribution in [0.3, 0.4) is 0 Å². The van der Waals surface area contributed by atoms with E-state index in [1.807, 2.05) is 4.90 Å². The molecule has 1 saturated heterocycles. The fourth-order valence-electron chi connectivity index (χ4n) is 4.67. The van der Waals surface area contributed by atoms with Crippen molar-refractivity contribution in [1.82, 2.24) is 4.90 Å². The molecule has 1 unspecified atom stereocenters. The van der Waals surface area contributed by atoms with Gasteiger partial charge in [-0.15, -0.1) is 0 Å². The van der Waals surface area contributed by atoms with Crippen molar-refractivity contribution in [3.8, 4) is 0 Å². The van der Waals surface area contributed by atoms with Gasteiger partial charge in [0.2, 0.25) is 0 Å². The number of rotatable bonds is 11. The van der Waals surface area contributed by atoms with Crippen LogP contribution in [0, 0.1) is 0 Å². The fourth-order valence-corrected chi connectivity index (χ4v) is 4.67. The highest BCUT2D eigenvalue weighted by Crippen LogP contribution is 2.21. The van der Waals surface area contributed by atoms with Crippen LogP contribution in [0.25, 0.3) is 0 Å².